The van der Waals surface area contributed by atoms with Gasteiger partial charge in [0.1, 0.15) is 0 Å². The van der Waals surface area contributed by atoms with Crippen LogP contribution in [0.25, 0.3) is 0 Å². The lowest BCUT2D eigenvalue weighted by Crippen LogP contribution is -2.61. The molecule has 1 aromatic carbocycles. The van der Waals surface area contributed by atoms with Crippen molar-refractivity contribution >= 4 is 15.9 Å². The molecule has 0 bridgehead atoms. The van der Waals surface area contributed by atoms with Gasteiger partial charge >= 0.3 is 0 Å². The number of piperazine rings is 1. The van der Waals surface area contributed by atoms with E-state index in [0.717, 1.165) is 17.4 Å². The molecule has 1 aliphatic rings. The highest BCUT2D eigenvalue weighted by atomic mass is 32.2. The summed E-state index contributed by atoms with van der Waals surface area (Å²) in [5.41, 5.74) is -0.304. The van der Waals surface area contributed by atoms with Crippen molar-refractivity contribution in [2.75, 3.05) is 40.3 Å². The van der Waals surface area contributed by atoms with Crippen molar-refractivity contribution in [1.29, 1.82) is 0 Å². The molecule has 1 aliphatic heterocycles. The standard InChI is InChI=1S/C16H25N3O3S/c1-16(2)13-17(3)10-11-19(16)15(20)12-18(4)23(21,22)14-8-6-5-7-9-14/h5-9H,10-13H2,1-4H3. The first-order valence-corrected chi connectivity index (χ1v) is 9.09. The summed E-state index contributed by atoms with van der Waals surface area (Å²) in [4.78, 5) is 16.8. The van der Waals surface area contributed by atoms with Crippen LogP contribution in [-0.4, -0.2) is 74.2 Å². The number of sulfonamides is 1. The first-order valence-electron chi connectivity index (χ1n) is 7.65. The van der Waals surface area contributed by atoms with Gasteiger partial charge in [-0.05, 0) is 33.0 Å². The topological polar surface area (TPSA) is 60.9 Å². The first kappa shape index (κ1) is 17.9. The SMILES string of the molecule is CN1CCN(C(=O)CN(C)S(=O)(=O)c2ccccc2)C(C)(C)C1. The van der Waals surface area contributed by atoms with Crippen LogP contribution in [0.15, 0.2) is 35.2 Å². The lowest BCUT2D eigenvalue weighted by molar-refractivity contribution is -0.140. The number of nitrogens with zero attached hydrogens (tertiary/aromatic N) is 3. The highest BCUT2D eigenvalue weighted by Crippen LogP contribution is 2.21. The second kappa shape index (κ2) is 6.59. The van der Waals surface area contributed by atoms with Gasteiger partial charge in [0.2, 0.25) is 15.9 Å². The summed E-state index contributed by atoms with van der Waals surface area (Å²) < 4.78 is 26.1. The smallest absolute Gasteiger partial charge is 0.243 e. The minimum Gasteiger partial charge on any atom is -0.334 e. The summed E-state index contributed by atoms with van der Waals surface area (Å²) in [6.45, 7) is 6.04. The van der Waals surface area contributed by atoms with Crippen molar-refractivity contribution in [3.8, 4) is 0 Å². The first-order chi connectivity index (χ1) is 10.6. The Morgan fingerprint density at radius 3 is 2.39 bits per heavy atom. The van der Waals surface area contributed by atoms with Gasteiger partial charge in [-0.25, -0.2) is 8.42 Å². The highest BCUT2D eigenvalue weighted by Gasteiger charge is 2.36. The normalized spacial score (nSPS) is 19.1. The molecule has 0 unspecified atom stereocenters. The van der Waals surface area contributed by atoms with Crippen LogP contribution in [0.3, 0.4) is 0 Å². The van der Waals surface area contributed by atoms with Crippen LogP contribution >= 0.6 is 0 Å². The number of rotatable bonds is 4. The third-order valence-electron chi connectivity index (χ3n) is 4.20. The molecule has 128 valence electrons. The molecule has 7 heteroatoms. The van der Waals surface area contributed by atoms with E-state index in [1.54, 1.807) is 23.1 Å². The number of benzene rings is 1. The molecular weight excluding hydrogens is 314 g/mol. The summed E-state index contributed by atoms with van der Waals surface area (Å²) in [6.07, 6.45) is 0. The minimum atomic E-state index is -3.65. The van der Waals surface area contributed by atoms with Crippen LogP contribution in [-0.2, 0) is 14.8 Å². The lowest BCUT2D eigenvalue weighted by atomic mass is 9.99. The summed E-state index contributed by atoms with van der Waals surface area (Å²) in [5, 5.41) is 0. The number of likely N-dealkylation sites (N-methyl/N-ethyl adjacent to an activating group) is 2. The van der Waals surface area contributed by atoms with Gasteiger partial charge in [-0.2, -0.15) is 4.31 Å². The Balaban J connectivity index is 2.11. The van der Waals surface area contributed by atoms with Gasteiger partial charge in [-0.1, -0.05) is 18.2 Å². The van der Waals surface area contributed by atoms with Crippen molar-refractivity contribution in [3.05, 3.63) is 30.3 Å². The zero-order valence-corrected chi connectivity index (χ0v) is 15.0. The minimum absolute atomic E-state index is 0.148. The maximum absolute atomic E-state index is 12.6. The van der Waals surface area contributed by atoms with E-state index < -0.39 is 10.0 Å². The molecule has 1 heterocycles. The predicted molar refractivity (Wildman–Crippen MR) is 89.5 cm³/mol. The molecule has 0 aromatic heterocycles. The van der Waals surface area contributed by atoms with E-state index in [4.69, 9.17) is 0 Å². The van der Waals surface area contributed by atoms with Crippen molar-refractivity contribution in [1.82, 2.24) is 14.1 Å². The molecule has 0 saturated carbocycles. The Kier molecular flexibility index (Phi) is 5.13. The van der Waals surface area contributed by atoms with Crippen molar-refractivity contribution < 1.29 is 13.2 Å². The van der Waals surface area contributed by atoms with E-state index in [0.29, 0.717) is 6.54 Å². The van der Waals surface area contributed by atoms with E-state index in [1.165, 1.54) is 19.2 Å². The average molecular weight is 339 g/mol. The zero-order valence-electron chi connectivity index (χ0n) is 14.2. The summed E-state index contributed by atoms with van der Waals surface area (Å²) >= 11 is 0. The van der Waals surface area contributed by atoms with Gasteiger partial charge < -0.3 is 9.80 Å². The second-order valence-corrected chi connectivity index (χ2v) is 8.71. The molecule has 6 nitrogen and oxygen atoms in total. The quantitative estimate of drug-likeness (QED) is 0.816. The van der Waals surface area contributed by atoms with Crippen molar-refractivity contribution in [2.24, 2.45) is 0 Å². The van der Waals surface area contributed by atoms with Gasteiger partial charge in [0.15, 0.2) is 0 Å². The van der Waals surface area contributed by atoms with Gasteiger partial charge in [0.25, 0.3) is 0 Å². The molecule has 1 fully saturated rings. The molecule has 23 heavy (non-hydrogen) atoms. The third-order valence-corrected chi connectivity index (χ3v) is 6.02. The molecule has 0 radical (unpaired) electrons. The van der Waals surface area contributed by atoms with Crippen LogP contribution in [0.4, 0.5) is 0 Å². The maximum Gasteiger partial charge on any atom is 0.243 e. The maximum atomic E-state index is 12.6. The fraction of sp³-hybridized carbons (Fsp3) is 0.562. The molecule has 0 aliphatic carbocycles. The zero-order chi connectivity index (χ0) is 17.3. The molecule has 1 aromatic rings. The van der Waals surface area contributed by atoms with E-state index >= 15 is 0 Å². The van der Waals surface area contributed by atoms with Crippen LogP contribution in [0.2, 0.25) is 0 Å². The number of amides is 1. The Morgan fingerprint density at radius 2 is 1.83 bits per heavy atom. The second-order valence-electron chi connectivity index (χ2n) is 6.67. The summed E-state index contributed by atoms with van der Waals surface area (Å²) in [7, 11) is -0.174. The predicted octanol–water partition coefficient (Wildman–Crippen LogP) is 0.860. The average Bonchev–Trinajstić information content (AvgIpc) is 2.46. The summed E-state index contributed by atoms with van der Waals surface area (Å²) in [6, 6.07) is 8.18. The Hall–Kier alpha value is -1.44. The van der Waals surface area contributed by atoms with E-state index in [2.05, 4.69) is 4.90 Å². The van der Waals surface area contributed by atoms with Gasteiger partial charge in [0.05, 0.1) is 17.0 Å². The molecule has 0 N–H and O–H groups in total. The van der Waals surface area contributed by atoms with Crippen LogP contribution in [0, 0.1) is 0 Å². The Bertz CT molecular complexity index is 658. The van der Waals surface area contributed by atoms with Crippen molar-refractivity contribution in [3.63, 3.8) is 0 Å². The lowest BCUT2D eigenvalue weighted by Gasteiger charge is -2.46. The van der Waals surface area contributed by atoms with Crippen LogP contribution in [0.5, 0.6) is 0 Å². The Labute approximate surface area is 138 Å². The Morgan fingerprint density at radius 1 is 1.22 bits per heavy atom. The fourth-order valence-electron chi connectivity index (χ4n) is 2.99. The monoisotopic (exact) mass is 339 g/mol. The molecule has 0 atom stereocenters. The van der Waals surface area contributed by atoms with E-state index in [-0.39, 0.29) is 22.9 Å². The van der Waals surface area contributed by atoms with Crippen LogP contribution < -0.4 is 0 Å². The largest absolute Gasteiger partial charge is 0.334 e. The van der Waals surface area contributed by atoms with Gasteiger partial charge in [-0.3, -0.25) is 4.79 Å². The molecule has 0 spiro atoms. The number of hydrogen-bond donors (Lipinski definition) is 0. The molecule has 1 saturated heterocycles. The molecular formula is C16H25N3O3S. The molecule has 2 rings (SSSR count). The van der Waals surface area contributed by atoms with Crippen LogP contribution in [0.1, 0.15) is 13.8 Å². The van der Waals surface area contributed by atoms with E-state index in [9.17, 15) is 13.2 Å². The highest BCUT2D eigenvalue weighted by molar-refractivity contribution is 7.89. The third kappa shape index (κ3) is 3.91. The summed E-state index contributed by atoms with van der Waals surface area (Å²) in [5.74, 6) is -0.162. The number of carbonyl (C=O) groups is 1. The van der Waals surface area contributed by atoms with Gasteiger partial charge in [0, 0.05) is 26.7 Å². The fourth-order valence-corrected chi connectivity index (χ4v) is 4.14. The number of carbonyl (C=O) groups excluding carboxylic acids is 1. The van der Waals surface area contributed by atoms with Gasteiger partial charge in [-0.15, -0.1) is 0 Å². The van der Waals surface area contributed by atoms with E-state index in [1.807, 2.05) is 20.9 Å². The molecule has 1 amide bonds. The van der Waals surface area contributed by atoms with Crippen molar-refractivity contribution in [2.45, 2.75) is 24.3 Å². The number of hydrogen-bond acceptors (Lipinski definition) is 4.